The predicted molar refractivity (Wildman–Crippen MR) is 176 cm³/mol. The number of benzene rings is 3. The van der Waals surface area contributed by atoms with Gasteiger partial charge in [-0.15, -0.1) is 0 Å². The van der Waals surface area contributed by atoms with Crippen LogP contribution in [0.5, 0.6) is 17.2 Å². The number of amides is 3. The van der Waals surface area contributed by atoms with Crippen LogP contribution in [0.4, 0.5) is 4.39 Å². The molecule has 0 radical (unpaired) electrons. The third-order valence-electron chi connectivity index (χ3n) is 8.56. The number of hydrogen-bond donors (Lipinski definition) is 2. The Balaban J connectivity index is 1.30. The number of methoxy groups -OCH3 is 1. The van der Waals surface area contributed by atoms with Gasteiger partial charge in [-0.05, 0) is 65.9 Å². The largest absolute Gasteiger partial charge is 0.493 e. The third kappa shape index (κ3) is 7.57. The summed E-state index contributed by atoms with van der Waals surface area (Å²) in [6.07, 6.45) is 2.07. The normalized spacial score (nSPS) is 18.5. The molecule has 4 aromatic rings. The Bertz CT molecular complexity index is 1820. The summed E-state index contributed by atoms with van der Waals surface area (Å²) < 4.78 is 32.4. The fraction of sp³-hybridized carbons (Fsp3) is 0.297. The number of rotatable bonds is 3. The number of aryl methyl sites for hydroxylation is 2. The molecule has 1 aromatic heterocycles. The van der Waals surface area contributed by atoms with Crippen LogP contribution in [0.25, 0.3) is 11.1 Å². The number of halogens is 1. The van der Waals surface area contributed by atoms with E-state index in [0.29, 0.717) is 47.7 Å². The Kier molecular flexibility index (Phi) is 9.84. The summed E-state index contributed by atoms with van der Waals surface area (Å²) in [6, 6.07) is 20.4. The number of fused-ring (bicyclic) bond motifs is 5. The van der Waals surface area contributed by atoms with E-state index in [-0.39, 0.29) is 43.7 Å². The monoisotopic (exact) mass is 652 g/mol. The Morgan fingerprint density at radius 3 is 2.65 bits per heavy atom. The van der Waals surface area contributed by atoms with Gasteiger partial charge in [-0.3, -0.25) is 19.4 Å². The van der Waals surface area contributed by atoms with Crippen LogP contribution < -0.4 is 24.8 Å². The summed E-state index contributed by atoms with van der Waals surface area (Å²) >= 11 is 0. The lowest BCUT2D eigenvalue weighted by molar-refractivity contribution is -0.125. The lowest BCUT2D eigenvalue weighted by Gasteiger charge is -2.39. The minimum absolute atomic E-state index is 0.116. The molecule has 3 aromatic carbocycles. The van der Waals surface area contributed by atoms with Crippen molar-refractivity contribution in [2.45, 2.75) is 44.9 Å². The molecular weight excluding hydrogens is 615 g/mol. The fourth-order valence-corrected chi connectivity index (χ4v) is 6.14. The van der Waals surface area contributed by atoms with Crippen LogP contribution >= 0.6 is 0 Å². The molecule has 0 spiro atoms. The highest BCUT2D eigenvalue weighted by molar-refractivity contribution is 6.02. The van der Waals surface area contributed by atoms with Crippen LogP contribution in [-0.2, 0) is 22.6 Å². The lowest BCUT2D eigenvalue weighted by atomic mass is 9.96. The average molecular weight is 653 g/mol. The van der Waals surface area contributed by atoms with Gasteiger partial charge in [-0.25, -0.2) is 4.39 Å². The second-order valence-corrected chi connectivity index (χ2v) is 11.9. The van der Waals surface area contributed by atoms with Gasteiger partial charge in [-0.2, -0.15) is 0 Å². The molecule has 3 amide bonds. The highest BCUT2D eigenvalue weighted by Crippen LogP contribution is 2.30. The van der Waals surface area contributed by atoms with Gasteiger partial charge in [0.25, 0.3) is 11.8 Å². The molecule has 0 saturated carbocycles. The second kappa shape index (κ2) is 14.5. The lowest BCUT2D eigenvalue weighted by Crippen LogP contribution is -2.58. The molecule has 2 N–H and O–H groups in total. The number of pyridine rings is 1. The van der Waals surface area contributed by atoms with Crippen molar-refractivity contribution in [1.29, 1.82) is 0 Å². The van der Waals surface area contributed by atoms with E-state index in [4.69, 9.17) is 14.2 Å². The first-order chi connectivity index (χ1) is 23.3. The topological polar surface area (TPSA) is 119 Å². The molecule has 11 heteroatoms. The predicted octanol–water partition coefficient (Wildman–Crippen LogP) is 4.62. The van der Waals surface area contributed by atoms with Crippen molar-refractivity contribution in [3.05, 3.63) is 107 Å². The van der Waals surface area contributed by atoms with Crippen molar-refractivity contribution in [2.24, 2.45) is 0 Å². The fourth-order valence-electron chi connectivity index (χ4n) is 6.14. The quantitative estimate of drug-likeness (QED) is 0.332. The molecule has 4 bridgehead atoms. The van der Waals surface area contributed by atoms with E-state index < -0.39 is 23.9 Å². The first-order valence-corrected chi connectivity index (χ1v) is 15.9. The van der Waals surface area contributed by atoms with E-state index in [9.17, 15) is 18.8 Å². The summed E-state index contributed by atoms with van der Waals surface area (Å²) in [7, 11) is 1.51. The van der Waals surface area contributed by atoms with Gasteiger partial charge in [0.2, 0.25) is 5.91 Å². The Labute approximate surface area is 278 Å². The van der Waals surface area contributed by atoms with Gasteiger partial charge in [-0.1, -0.05) is 36.4 Å². The molecule has 248 valence electrons. The van der Waals surface area contributed by atoms with Crippen LogP contribution in [0.1, 0.15) is 40.0 Å². The molecule has 2 aliphatic rings. The molecule has 48 heavy (non-hydrogen) atoms. The van der Waals surface area contributed by atoms with Gasteiger partial charge in [0, 0.05) is 44.7 Å². The highest BCUT2D eigenvalue weighted by atomic mass is 19.1. The number of nitrogens with one attached hydrogen (secondary N) is 2. The van der Waals surface area contributed by atoms with Crippen molar-refractivity contribution in [3.8, 4) is 28.4 Å². The van der Waals surface area contributed by atoms with Crippen LogP contribution in [0, 0.1) is 12.7 Å². The van der Waals surface area contributed by atoms with E-state index in [1.54, 1.807) is 36.2 Å². The molecule has 0 unspecified atom stereocenters. The number of hydrogen-bond acceptors (Lipinski definition) is 7. The summed E-state index contributed by atoms with van der Waals surface area (Å²) in [5.41, 5.74) is 4.10. The number of ether oxygens (including phenoxy) is 3. The maximum absolute atomic E-state index is 14.7. The van der Waals surface area contributed by atoms with Crippen LogP contribution in [0.3, 0.4) is 0 Å². The zero-order valence-corrected chi connectivity index (χ0v) is 26.8. The van der Waals surface area contributed by atoms with Crippen molar-refractivity contribution in [2.75, 3.05) is 26.8 Å². The highest BCUT2D eigenvalue weighted by Gasteiger charge is 2.36. The number of piperidine rings is 1. The zero-order valence-electron chi connectivity index (χ0n) is 26.8. The number of carbonyl (C=O) groups is 3. The molecular formula is C37H37FN4O6. The van der Waals surface area contributed by atoms with Crippen LogP contribution in [0.15, 0.2) is 79.0 Å². The van der Waals surface area contributed by atoms with Crippen molar-refractivity contribution >= 4 is 17.7 Å². The first kappa shape index (κ1) is 32.5. The van der Waals surface area contributed by atoms with E-state index in [1.807, 2.05) is 42.5 Å². The van der Waals surface area contributed by atoms with Gasteiger partial charge < -0.3 is 29.7 Å². The van der Waals surface area contributed by atoms with Gasteiger partial charge in [0.15, 0.2) is 18.1 Å². The first-order valence-electron chi connectivity index (χ1n) is 15.9. The van der Waals surface area contributed by atoms with Gasteiger partial charge in [0.05, 0.1) is 24.4 Å². The molecule has 2 aliphatic heterocycles. The van der Waals surface area contributed by atoms with E-state index >= 15 is 0 Å². The molecule has 1 fully saturated rings. The minimum atomic E-state index is -0.658. The van der Waals surface area contributed by atoms with Crippen molar-refractivity contribution in [1.82, 2.24) is 20.5 Å². The Hall–Kier alpha value is -5.45. The minimum Gasteiger partial charge on any atom is -0.493 e. The number of nitrogens with zero attached hydrogens (tertiary/aromatic N) is 2. The summed E-state index contributed by atoms with van der Waals surface area (Å²) in [5, 5.41) is 5.85. The summed E-state index contributed by atoms with van der Waals surface area (Å²) in [4.78, 5) is 46.3. The van der Waals surface area contributed by atoms with Gasteiger partial charge in [0.1, 0.15) is 17.7 Å². The summed E-state index contributed by atoms with van der Waals surface area (Å²) in [6.45, 7) is 2.05. The molecule has 2 atom stereocenters. The third-order valence-corrected chi connectivity index (χ3v) is 8.56. The average Bonchev–Trinajstić information content (AvgIpc) is 3.09. The number of aromatic nitrogens is 1. The Morgan fingerprint density at radius 1 is 1.00 bits per heavy atom. The Morgan fingerprint density at radius 2 is 1.83 bits per heavy atom. The summed E-state index contributed by atoms with van der Waals surface area (Å²) in [5.74, 6) is -0.286. The van der Waals surface area contributed by atoms with Crippen LogP contribution in [-0.4, -0.2) is 66.6 Å². The standard InChI is InChI=1S/C37H37FN4O6/c1-23-36(29(12-14-39-23)26-6-4-3-5-7-26)37(45)42-15-13-31-30(21-42)41-35(44)22-47-33-18-24(8-10-32(33)46-2)9-11-34(43)40-20-25-16-27(38)19-28(17-25)48-31/h3-8,10,12,14,16-19,30-31H,9,11,13,15,20-22H2,1-2H3,(H,40,43)(H,41,44)/t30-,31-/m1/s1. The van der Waals surface area contributed by atoms with Crippen LogP contribution in [0.2, 0.25) is 0 Å². The maximum atomic E-state index is 14.7. The number of carbonyl (C=O) groups excluding carboxylic acids is 3. The van der Waals surface area contributed by atoms with Crippen molar-refractivity contribution in [3.63, 3.8) is 0 Å². The van der Waals surface area contributed by atoms with Gasteiger partial charge >= 0.3 is 0 Å². The maximum Gasteiger partial charge on any atom is 0.258 e. The van der Waals surface area contributed by atoms with E-state index in [0.717, 1.165) is 16.7 Å². The molecule has 1 saturated heterocycles. The molecule has 0 aliphatic carbocycles. The van der Waals surface area contributed by atoms with E-state index in [1.165, 1.54) is 19.2 Å². The molecule has 3 heterocycles. The van der Waals surface area contributed by atoms with Crippen molar-refractivity contribution < 1.29 is 33.0 Å². The molecule has 6 rings (SSSR count). The number of likely N-dealkylation sites (tertiary alicyclic amines) is 1. The second-order valence-electron chi connectivity index (χ2n) is 11.9. The SMILES string of the molecule is COc1ccc2cc1OCC(=O)N[C@@H]1CN(C(=O)c3c(-c4ccccc4)ccnc3C)CC[C@H]1Oc1cc(F)cc(c1)CNC(=O)CC2. The smallest absolute Gasteiger partial charge is 0.258 e. The van der Waals surface area contributed by atoms with E-state index in [2.05, 4.69) is 15.6 Å². The zero-order chi connectivity index (χ0) is 33.6. The molecule has 10 nitrogen and oxygen atoms in total.